The summed E-state index contributed by atoms with van der Waals surface area (Å²) in [5.74, 6) is -1.71. The summed E-state index contributed by atoms with van der Waals surface area (Å²) in [6, 6.07) is 19.3. The predicted molar refractivity (Wildman–Crippen MR) is 110 cm³/mol. The van der Waals surface area contributed by atoms with E-state index in [0.717, 1.165) is 5.39 Å². The van der Waals surface area contributed by atoms with Gasteiger partial charge in [0.25, 0.3) is 5.91 Å². The second-order valence-corrected chi connectivity index (χ2v) is 6.99. The SMILES string of the molecule is N#Cc1ccc(N2C(=O)C(O)=C(C(=O)c3cc4ccccc4o3)C2c2ccco2)cc1. The van der Waals surface area contributed by atoms with Crippen LogP contribution in [0, 0.1) is 11.3 Å². The Bertz CT molecular complexity index is 1360. The molecule has 7 nitrogen and oxygen atoms in total. The molecule has 5 rings (SSSR count). The van der Waals surface area contributed by atoms with Gasteiger partial charge in [0, 0.05) is 11.1 Å². The van der Waals surface area contributed by atoms with E-state index in [2.05, 4.69) is 0 Å². The minimum Gasteiger partial charge on any atom is -0.503 e. The third kappa shape index (κ3) is 2.90. The topological polar surface area (TPSA) is 108 Å². The van der Waals surface area contributed by atoms with Crippen molar-refractivity contribution in [2.75, 3.05) is 4.90 Å². The maximum absolute atomic E-state index is 13.4. The molecule has 1 unspecified atom stereocenters. The van der Waals surface area contributed by atoms with E-state index in [1.807, 2.05) is 12.1 Å². The van der Waals surface area contributed by atoms with Crippen molar-refractivity contribution in [2.24, 2.45) is 0 Å². The molecule has 1 aliphatic rings. The first-order valence-corrected chi connectivity index (χ1v) is 9.42. The highest BCUT2D eigenvalue weighted by molar-refractivity contribution is 6.20. The third-order valence-corrected chi connectivity index (χ3v) is 5.19. The summed E-state index contributed by atoms with van der Waals surface area (Å²) in [6.45, 7) is 0. The number of anilines is 1. The van der Waals surface area contributed by atoms with Crippen molar-refractivity contribution in [3.05, 3.63) is 101 Å². The van der Waals surface area contributed by atoms with Gasteiger partial charge in [0.15, 0.2) is 11.5 Å². The number of hydrogen-bond donors (Lipinski definition) is 1. The van der Waals surface area contributed by atoms with Gasteiger partial charge in [-0.15, -0.1) is 0 Å². The zero-order chi connectivity index (χ0) is 21.5. The second-order valence-electron chi connectivity index (χ2n) is 6.99. The van der Waals surface area contributed by atoms with E-state index in [4.69, 9.17) is 14.1 Å². The summed E-state index contributed by atoms with van der Waals surface area (Å²) in [4.78, 5) is 27.7. The fraction of sp³-hybridized carbons (Fsp3) is 0.0417. The van der Waals surface area contributed by atoms with Gasteiger partial charge in [0.05, 0.1) is 23.5 Å². The number of aliphatic hydroxyl groups is 1. The summed E-state index contributed by atoms with van der Waals surface area (Å²) >= 11 is 0. The van der Waals surface area contributed by atoms with E-state index < -0.39 is 23.5 Å². The number of ketones is 1. The van der Waals surface area contributed by atoms with E-state index in [1.165, 1.54) is 11.2 Å². The molecule has 1 aliphatic heterocycles. The average Bonchev–Trinajstić information content (AvgIpc) is 3.52. The number of aliphatic hydroxyl groups excluding tert-OH is 1. The van der Waals surface area contributed by atoms with E-state index in [9.17, 15) is 14.7 Å². The van der Waals surface area contributed by atoms with E-state index >= 15 is 0 Å². The first-order chi connectivity index (χ1) is 15.1. The highest BCUT2D eigenvalue weighted by Crippen LogP contribution is 2.42. The van der Waals surface area contributed by atoms with Crippen LogP contribution < -0.4 is 4.90 Å². The fourth-order valence-electron chi connectivity index (χ4n) is 3.74. The number of nitrogens with zero attached hydrogens (tertiary/aromatic N) is 2. The Hall–Kier alpha value is -4.57. The number of carbonyl (C=O) groups is 2. The number of rotatable bonds is 4. The third-order valence-electron chi connectivity index (χ3n) is 5.19. The molecule has 7 heteroatoms. The largest absolute Gasteiger partial charge is 0.503 e. The molecule has 0 spiro atoms. The molecule has 0 saturated heterocycles. The zero-order valence-corrected chi connectivity index (χ0v) is 16.0. The summed E-state index contributed by atoms with van der Waals surface area (Å²) < 4.78 is 11.2. The van der Waals surface area contributed by atoms with Gasteiger partial charge in [-0.3, -0.25) is 14.5 Å². The van der Waals surface area contributed by atoms with Crippen LogP contribution in [0.5, 0.6) is 0 Å². The monoisotopic (exact) mass is 410 g/mol. The summed E-state index contributed by atoms with van der Waals surface area (Å²) in [5.41, 5.74) is 1.21. The van der Waals surface area contributed by atoms with Gasteiger partial charge in [0.1, 0.15) is 17.4 Å². The van der Waals surface area contributed by atoms with Crippen LogP contribution in [0.25, 0.3) is 11.0 Å². The number of hydrogen-bond acceptors (Lipinski definition) is 6. The molecular weight excluding hydrogens is 396 g/mol. The predicted octanol–water partition coefficient (Wildman–Crippen LogP) is 4.68. The summed E-state index contributed by atoms with van der Waals surface area (Å²) in [5, 5.41) is 20.5. The lowest BCUT2D eigenvalue weighted by atomic mass is 9.99. The fourth-order valence-corrected chi connectivity index (χ4v) is 3.74. The number of fused-ring (bicyclic) bond motifs is 1. The molecule has 4 aromatic rings. The zero-order valence-electron chi connectivity index (χ0n) is 16.0. The normalized spacial score (nSPS) is 16.2. The maximum atomic E-state index is 13.4. The number of furan rings is 2. The van der Waals surface area contributed by atoms with E-state index in [-0.39, 0.29) is 11.3 Å². The van der Waals surface area contributed by atoms with Gasteiger partial charge in [0.2, 0.25) is 5.78 Å². The minimum atomic E-state index is -0.990. The molecule has 0 aliphatic carbocycles. The van der Waals surface area contributed by atoms with Gasteiger partial charge in [-0.2, -0.15) is 5.26 Å². The van der Waals surface area contributed by atoms with Gasteiger partial charge in [-0.25, -0.2) is 0 Å². The van der Waals surface area contributed by atoms with Crippen LogP contribution in [-0.4, -0.2) is 16.8 Å². The lowest BCUT2D eigenvalue weighted by molar-refractivity contribution is -0.117. The van der Waals surface area contributed by atoms with Crippen molar-refractivity contribution in [3.63, 3.8) is 0 Å². The first-order valence-electron chi connectivity index (χ1n) is 9.42. The molecule has 1 atom stereocenters. The molecule has 0 fully saturated rings. The van der Waals surface area contributed by atoms with Crippen molar-refractivity contribution in [2.45, 2.75) is 6.04 Å². The summed E-state index contributed by atoms with van der Waals surface area (Å²) in [7, 11) is 0. The number of Topliss-reactive ketones (excluding diaryl/α,β-unsaturated/α-hetero) is 1. The van der Waals surface area contributed by atoms with Crippen LogP contribution >= 0.6 is 0 Å². The van der Waals surface area contributed by atoms with Crippen LogP contribution in [0.3, 0.4) is 0 Å². The Kier molecular flexibility index (Phi) is 4.19. The van der Waals surface area contributed by atoms with Crippen molar-refractivity contribution >= 4 is 28.3 Å². The highest BCUT2D eigenvalue weighted by Gasteiger charge is 2.46. The number of carbonyl (C=O) groups excluding carboxylic acids is 2. The number of para-hydroxylation sites is 1. The minimum absolute atomic E-state index is 0.00813. The molecule has 1 amide bonds. The molecule has 0 bridgehead atoms. The number of nitriles is 1. The van der Waals surface area contributed by atoms with Crippen molar-refractivity contribution < 1.29 is 23.5 Å². The van der Waals surface area contributed by atoms with Crippen LogP contribution in [0.4, 0.5) is 5.69 Å². The number of benzene rings is 2. The molecule has 2 aromatic carbocycles. The molecular formula is C24H14N2O5. The first kappa shape index (κ1) is 18.5. The quantitative estimate of drug-likeness (QED) is 0.490. The average molecular weight is 410 g/mol. The lowest BCUT2D eigenvalue weighted by Crippen LogP contribution is -2.30. The van der Waals surface area contributed by atoms with Gasteiger partial charge in [-0.05, 0) is 48.5 Å². The van der Waals surface area contributed by atoms with Crippen LogP contribution in [0.2, 0.25) is 0 Å². The van der Waals surface area contributed by atoms with Gasteiger partial charge < -0.3 is 13.9 Å². The van der Waals surface area contributed by atoms with Crippen molar-refractivity contribution in [1.29, 1.82) is 5.26 Å². The lowest BCUT2D eigenvalue weighted by Gasteiger charge is -2.24. The van der Waals surface area contributed by atoms with Crippen LogP contribution in [0.1, 0.15) is 27.9 Å². The van der Waals surface area contributed by atoms with E-state index in [1.54, 1.807) is 60.7 Å². The van der Waals surface area contributed by atoms with Crippen molar-refractivity contribution in [1.82, 2.24) is 0 Å². The molecule has 31 heavy (non-hydrogen) atoms. The maximum Gasteiger partial charge on any atom is 0.294 e. The van der Waals surface area contributed by atoms with Gasteiger partial charge in [-0.1, -0.05) is 18.2 Å². The molecule has 2 aromatic heterocycles. The van der Waals surface area contributed by atoms with E-state index in [0.29, 0.717) is 22.6 Å². The van der Waals surface area contributed by atoms with Crippen molar-refractivity contribution in [3.8, 4) is 6.07 Å². The van der Waals surface area contributed by atoms with Gasteiger partial charge >= 0.3 is 0 Å². The standard InChI is InChI=1S/C24H14N2O5/c25-13-14-7-9-16(10-8-14)26-21(18-6-3-11-30-18)20(23(28)24(26)29)22(27)19-12-15-4-1-2-5-17(15)31-19/h1-12,21,28H. The highest BCUT2D eigenvalue weighted by atomic mass is 16.3. The Balaban J connectivity index is 1.63. The van der Waals surface area contributed by atoms with Crippen LogP contribution in [-0.2, 0) is 4.79 Å². The molecule has 0 saturated carbocycles. The molecule has 0 radical (unpaired) electrons. The Morgan fingerprint density at radius 3 is 2.52 bits per heavy atom. The Morgan fingerprint density at radius 1 is 1.06 bits per heavy atom. The summed E-state index contributed by atoms with van der Waals surface area (Å²) in [6.07, 6.45) is 1.43. The smallest absolute Gasteiger partial charge is 0.294 e. The molecule has 150 valence electrons. The Morgan fingerprint density at radius 2 is 1.84 bits per heavy atom. The van der Waals surface area contributed by atoms with Crippen LogP contribution in [0.15, 0.2) is 93.2 Å². The molecule has 1 N–H and O–H groups in total. The number of amides is 1. The Labute approximate surface area is 176 Å². The molecule has 3 heterocycles. The second kappa shape index (κ2) is 7.04.